The molecule has 1 aliphatic heterocycles. The Morgan fingerprint density at radius 1 is 1.07 bits per heavy atom. The maximum absolute atomic E-state index is 13.2. The minimum absolute atomic E-state index is 0.0222. The van der Waals surface area contributed by atoms with Crippen molar-refractivity contribution in [3.05, 3.63) is 77.0 Å². The van der Waals surface area contributed by atoms with Gasteiger partial charge in [-0.2, -0.15) is 13.2 Å². The van der Waals surface area contributed by atoms with E-state index in [-0.39, 0.29) is 30.3 Å². The van der Waals surface area contributed by atoms with Gasteiger partial charge in [0.25, 0.3) is 0 Å². The van der Waals surface area contributed by atoms with E-state index >= 15 is 0 Å². The molecular weight excluding hydrogens is 381 g/mol. The van der Waals surface area contributed by atoms with E-state index in [0.717, 1.165) is 17.2 Å². The average Bonchev–Trinajstić information content (AvgIpc) is 2.67. The van der Waals surface area contributed by atoms with Gasteiger partial charge >= 0.3 is 6.18 Å². The standard InChI is InChI=1S/C22H21F3N2O2/c1-15(28)27-12-11-16-7-3-5-9-18(16)20(27)13-21(29)26(2)14-17-8-4-6-10-19(17)22(23,24)25/h3-12,20H,13-14H2,1-2H3. The lowest BCUT2D eigenvalue weighted by Crippen LogP contribution is -2.36. The van der Waals surface area contributed by atoms with Crippen LogP contribution in [-0.2, 0) is 22.3 Å². The molecule has 2 aromatic rings. The fraction of sp³-hybridized carbons (Fsp3) is 0.273. The summed E-state index contributed by atoms with van der Waals surface area (Å²) in [5, 5.41) is 0. The number of alkyl halides is 3. The molecule has 2 aromatic carbocycles. The summed E-state index contributed by atoms with van der Waals surface area (Å²) in [6.45, 7) is 1.25. The third kappa shape index (κ3) is 4.50. The summed E-state index contributed by atoms with van der Waals surface area (Å²) in [6, 6.07) is 12.2. The first-order chi connectivity index (χ1) is 13.7. The molecular formula is C22H21F3N2O2. The molecule has 1 atom stereocenters. The van der Waals surface area contributed by atoms with Gasteiger partial charge in [0.05, 0.1) is 18.0 Å². The fourth-order valence-corrected chi connectivity index (χ4v) is 3.51. The quantitative estimate of drug-likeness (QED) is 0.748. The zero-order chi connectivity index (χ0) is 21.2. The van der Waals surface area contributed by atoms with Gasteiger partial charge in [0, 0.05) is 26.7 Å². The molecule has 0 aromatic heterocycles. The van der Waals surface area contributed by atoms with Crippen LogP contribution in [0.2, 0.25) is 0 Å². The van der Waals surface area contributed by atoms with Crippen LogP contribution in [0.4, 0.5) is 13.2 Å². The molecule has 1 unspecified atom stereocenters. The summed E-state index contributed by atoms with van der Waals surface area (Å²) in [5.41, 5.74) is 1.02. The van der Waals surface area contributed by atoms with E-state index in [1.165, 1.54) is 42.0 Å². The van der Waals surface area contributed by atoms with Gasteiger partial charge in [0.15, 0.2) is 0 Å². The van der Waals surface area contributed by atoms with Gasteiger partial charge < -0.3 is 9.80 Å². The summed E-state index contributed by atoms with van der Waals surface area (Å²) in [6.07, 6.45) is -1.06. The van der Waals surface area contributed by atoms with Crippen molar-refractivity contribution in [2.45, 2.75) is 32.1 Å². The van der Waals surface area contributed by atoms with Crippen LogP contribution in [0.5, 0.6) is 0 Å². The molecule has 1 heterocycles. The predicted molar refractivity (Wildman–Crippen MR) is 103 cm³/mol. The van der Waals surface area contributed by atoms with Gasteiger partial charge in [-0.1, -0.05) is 42.5 Å². The second-order valence-corrected chi connectivity index (χ2v) is 7.00. The monoisotopic (exact) mass is 402 g/mol. The molecule has 4 nitrogen and oxygen atoms in total. The van der Waals surface area contributed by atoms with Crippen molar-refractivity contribution < 1.29 is 22.8 Å². The first-order valence-electron chi connectivity index (χ1n) is 9.13. The normalized spacial score (nSPS) is 15.8. The highest BCUT2D eigenvalue weighted by Crippen LogP contribution is 2.34. The van der Waals surface area contributed by atoms with E-state index < -0.39 is 17.8 Å². The highest BCUT2D eigenvalue weighted by Gasteiger charge is 2.34. The van der Waals surface area contributed by atoms with Crippen LogP contribution in [0.3, 0.4) is 0 Å². The molecule has 0 fully saturated rings. The zero-order valence-corrected chi connectivity index (χ0v) is 16.1. The van der Waals surface area contributed by atoms with E-state index in [1.807, 2.05) is 24.3 Å². The van der Waals surface area contributed by atoms with Crippen molar-refractivity contribution in [1.82, 2.24) is 9.80 Å². The second kappa shape index (κ2) is 8.11. The third-order valence-electron chi connectivity index (χ3n) is 4.99. The van der Waals surface area contributed by atoms with E-state index in [4.69, 9.17) is 0 Å². The van der Waals surface area contributed by atoms with Gasteiger partial charge in [-0.3, -0.25) is 9.59 Å². The second-order valence-electron chi connectivity index (χ2n) is 7.00. The lowest BCUT2D eigenvalue weighted by atomic mass is 9.93. The Hall–Kier alpha value is -3.09. The molecule has 7 heteroatoms. The fourth-order valence-electron chi connectivity index (χ4n) is 3.51. The number of benzene rings is 2. The van der Waals surface area contributed by atoms with Gasteiger partial charge in [-0.05, 0) is 28.8 Å². The summed E-state index contributed by atoms with van der Waals surface area (Å²) < 4.78 is 39.7. The van der Waals surface area contributed by atoms with Gasteiger partial charge in [0.2, 0.25) is 11.8 Å². The molecule has 0 saturated heterocycles. The smallest absolute Gasteiger partial charge is 0.341 e. The summed E-state index contributed by atoms with van der Waals surface area (Å²) in [7, 11) is 1.47. The van der Waals surface area contributed by atoms with E-state index in [9.17, 15) is 22.8 Å². The van der Waals surface area contributed by atoms with Crippen molar-refractivity contribution in [3.8, 4) is 0 Å². The number of halogens is 3. The van der Waals surface area contributed by atoms with Crippen molar-refractivity contribution in [3.63, 3.8) is 0 Å². The maximum atomic E-state index is 13.2. The Labute approximate surface area is 167 Å². The Morgan fingerprint density at radius 3 is 2.41 bits per heavy atom. The first kappa shape index (κ1) is 20.6. The third-order valence-corrected chi connectivity index (χ3v) is 4.99. The molecule has 0 saturated carbocycles. The Kier molecular flexibility index (Phi) is 5.77. The van der Waals surface area contributed by atoms with Gasteiger partial charge in [0.1, 0.15) is 0 Å². The highest BCUT2D eigenvalue weighted by molar-refractivity contribution is 5.81. The largest absolute Gasteiger partial charge is 0.416 e. The van der Waals surface area contributed by atoms with E-state index in [0.29, 0.717) is 0 Å². The Bertz CT molecular complexity index is 953. The Balaban J connectivity index is 1.81. The summed E-state index contributed by atoms with van der Waals surface area (Å²) >= 11 is 0. The molecule has 0 bridgehead atoms. The van der Waals surface area contributed by atoms with Crippen LogP contribution in [0.1, 0.15) is 41.6 Å². The number of rotatable bonds is 4. The Morgan fingerprint density at radius 2 is 1.72 bits per heavy atom. The van der Waals surface area contributed by atoms with Crippen LogP contribution < -0.4 is 0 Å². The van der Waals surface area contributed by atoms with E-state index in [1.54, 1.807) is 12.3 Å². The summed E-state index contributed by atoms with van der Waals surface area (Å²) in [5.74, 6) is -0.554. The minimum Gasteiger partial charge on any atom is -0.341 e. The molecule has 2 amide bonds. The summed E-state index contributed by atoms with van der Waals surface area (Å²) in [4.78, 5) is 27.6. The lowest BCUT2D eigenvalue weighted by molar-refractivity contribution is -0.140. The van der Waals surface area contributed by atoms with Crippen LogP contribution >= 0.6 is 0 Å². The molecule has 3 rings (SSSR count). The molecule has 0 N–H and O–H groups in total. The molecule has 0 radical (unpaired) electrons. The number of amides is 2. The number of carbonyl (C=O) groups is 2. The van der Waals surface area contributed by atoms with Gasteiger partial charge in [-0.25, -0.2) is 0 Å². The predicted octanol–water partition coefficient (Wildman–Crippen LogP) is 4.63. The maximum Gasteiger partial charge on any atom is 0.416 e. The average molecular weight is 402 g/mol. The number of nitrogens with zero attached hydrogens (tertiary/aromatic N) is 2. The van der Waals surface area contributed by atoms with Crippen molar-refractivity contribution in [2.24, 2.45) is 0 Å². The van der Waals surface area contributed by atoms with E-state index in [2.05, 4.69) is 0 Å². The van der Waals surface area contributed by atoms with Crippen molar-refractivity contribution in [2.75, 3.05) is 7.05 Å². The highest BCUT2D eigenvalue weighted by atomic mass is 19.4. The van der Waals surface area contributed by atoms with Crippen LogP contribution in [0, 0.1) is 0 Å². The molecule has 0 aliphatic carbocycles. The minimum atomic E-state index is -4.49. The lowest BCUT2D eigenvalue weighted by Gasteiger charge is -2.33. The first-order valence-corrected chi connectivity index (χ1v) is 9.13. The van der Waals surface area contributed by atoms with Gasteiger partial charge in [-0.15, -0.1) is 0 Å². The van der Waals surface area contributed by atoms with Crippen LogP contribution in [0.25, 0.3) is 6.08 Å². The molecule has 0 spiro atoms. The van der Waals surface area contributed by atoms with Crippen molar-refractivity contribution in [1.29, 1.82) is 0 Å². The zero-order valence-electron chi connectivity index (χ0n) is 16.1. The van der Waals surface area contributed by atoms with Crippen LogP contribution in [0.15, 0.2) is 54.7 Å². The molecule has 1 aliphatic rings. The topological polar surface area (TPSA) is 40.6 Å². The van der Waals surface area contributed by atoms with Crippen molar-refractivity contribution >= 4 is 17.9 Å². The SMILES string of the molecule is CC(=O)N1C=Cc2ccccc2C1CC(=O)N(C)Cc1ccccc1C(F)(F)F. The number of carbonyl (C=O) groups excluding carboxylic acids is 2. The molecule has 152 valence electrons. The number of hydrogen-bond acceptors (Lipinski definition) is 2. The number of fused-ring (bicyclic) bond motifs is 1. The van der Waals surface area contributed by atoms with Crippen LogP contribution in [-0.4, -0.2) is 28.7 Å². The molecule has 29 heavy (non-hydrogen) atoms. The number of hydrogen-bond donors (Lipinski definition) is 0.